The average Bonchev–Trinajstić information content (AvgIpc) is 2.81. The number of esters is 1. The van der Waals surface area contributed by atoms with Crippen LogP contribution in [0.15, 0.2) is 0 Å². The van der Waals surface area contributed by atoms with Crippen LogP contribution in [0.3, 0.4) is 0 Å². The molecular formula is C12H18O6. The van der Waals surface area contributed by atoms with Crippen molar-refractivity contribution in [2.75, 3.05) is 6.61 Å². The fraction of sp³-hybridized carbons (Fsp3) is 0.917. The Hall–Kier alpha value is -0.690. The molecule has 3 heterocycles. The van der Waals surface area contributed by atoms with E-state index in [0.717, 1.165) is 0 Å². The first-order valence-electron chi connectivity index (χ1n) is 6.15. The van der Waals surface area contributed by atoms with Crippen molar-refractivity contribution in [1.82, 2.24) is 0 Å². The first-order chi connectivity index (χ1) is 8.27. The van der Waals surface area contributed by atoms with Gasteiger partial charge in [-0.05, 0) is 27.7 Å². The van der Waals surface area contributed by atoms with Crippen LogP contribution in [-0.2, 0) is 28.5 Å². The summed E-state index contributed by atoms with van der Waals surface area (Å²) >= 11 is 0. The summed E-state index contributed by atoms with van der Waals surface area (Å²) in [5.74, 6) is -1.80. The van der Waals surface area contributed by atoms with E-state index in [2.05, 4.69) is 0 Å². The lowest BCUT2D eigenvalue weighted by Gasteiger charge is -2.25. The number of fused-ring (bicyclic) bond motifs is 1. The highest BCUT2D eigenvalue weighted by Crippen LogP contribution is 2.39. The zero-order chi connectivity index (χ0) is 13.1. The van der Waals surface area contributed by atoms with Gasteiger partial charge in [-0.3, -0.25) is 0 Å². The maximum atomic E-state index is 11.7. The number of ether oxygens (including phenoxy) is 5. The molecule has 0 aromatic carbocycles. The number of hydrogen-bond acceptors (Lipinski definition) is 6. The van der Waals surface area contributed by atoms with Crippen LogP contribution in [0.2, 0.25) is 0 Å². The Labute approximate surface area is 105 Å². The molecule has 102 valence electrons. The minimum atomic E-state index is -0.762. The van der Waals surface area contributed by atoms with Gasteiger partial charge in [-0.1, -0.05) is 0 Å². The van der Waals surface area contributed by atoms with Crippen LogP contribution in [0.4, 0.5) is 0 Å². The van der Waals surface area contributed by atoms with Gasteiger partial charge in [-0.25, -0.2) is 4.79 Å². The SMILES string of the molecule is CC1(C)OC[C@@H]([C@H]2OC(=O)[C@@H]3OC(C)(C)OC32)O1. The molecule has 3 saturated heterocycles. The van der Waals surface area contributed by atoms with Crippen LogP contribution in [0.1, 0.15) is 27.7 Å². The van der Waals surface area contributed by atoms with Gasteiger partial charge in [0.2, 0.25) is 0 Å². The van der Waals surface area contributed by atoms with E-state index in [4.69, 9.17) is 23.7 Å². The fourth-order valence-corrected chi connectivity index (χ4v) is 2.64. The standard InChI is InChI=1S/C12H18O6/c1-11(2)14-5-6(16-11)7-8-9(10(13)15-7)18-12(3,4)17-8/h6-9H,5H2,1-4H3/t6-,7+,8?,9+/m0/s1. The second-order valence-electron chi connectivity index (χ2n) is 5.79. The maximum Gasteiger partial charge on any atom is 0.338 e. The molecule has 0 amide bonds. The van der Waals surface area contributed by atoms with Crippen LogP contribution in [-0.4, -0.2) is 48.6 Å². The number of cyclic esters (lactones) is 1. The van der Waals surface area contributed by atoms with Gasteiger partial charge in [0, 0.05) is 0 Å². The maximum absolute atomic E-state index is 11.7. The molecular weight excluding hydrogens is 240 g/mol. The van der Waals surface area contributed by atoms with E-state index in [1.165, 1.54) is 0 Å². The Morgan fingerprint density at radius 1 is 1.00 bits per heavy atom. The molecule has 4 atom stereocenters. The normalized spacial score (nSPS) is 45.0. The molecule has 18 heavy (non-hydrogen) atoms. The summed E-state index contributed by atoms with van der Waals surface area (Å²) in [4.78, 5) is 11.7. The first kappa shape index (κ1) is 12.3. The molecule has 1 unspecified atom stereocenters. The number of rotatable bonds is 1. The highest BCUT2D eigenvalue weighted by molar-refractivity contribution is 5.78. The molecule has 3 rings (SSSR count). The molecule has 3 aliphatic rings. The molecule has 6 heteroatoms. The van der Waals surface area contributed by atoms with Gasteiger partial charge < -0.3 is 23.7 Å². The number of carbonyl (C=O) groups is 1. The van der Waals surface area contributed by atoms with Crippen molar-refractivity contribution in [3.05, 3.63) is 0 Å². The number of carbonyl (C=O) groups excluding carboxylic acids is 1. The molecule has 0 aliphatic carbocycles. The average molecular weight is 258 g/mol. The minimum absolute atomic E-state index is 0.309. The lowest BCUT2D eigenvalue weighted by atomic mass is 10.1. The Morgan fingerprint density at radius 3 is 2.33 bits per heavy atom. The predicted molar refractivity (Wildman–Crippen MR) is 58.6 cm³/mol. The molecule has 0 saturated carbocycles. The predicted octanol–water partition coefficient (Wildman–Crippen LogP) is 0.583. The summed E-state index contributed by atoms with van der Waals surface area (Å²) in [6.45, 7) is 7.61. The van der Waals surface area contributed by atoms with Crippen molar-refractivity contribution in [1.29, 1.82) is 0 Å². The van der Waals surface area contributed by atoms with Crippen molar-refractivity contribution in [2.24, 2.45) is 0 Å². The molecule has 0 bridgehead atoms. The van der Waals surface area contributed by atoms with Crippen LogP contribution in [0.25, 0.3) is 0 Å². The molecule has 0 N–H and O–H groups in total. The molecule has 3 fully saturated rings. The zero-order valence-corrected chi connectivity index (χ0v) is 11.0. The summed E-state index contributed by atoms with van der Waals surface area (Å²) < 4.78 is 27.8. The minimum Gasteiger partial charge on any atom is -0.455 e. The highest BCUT2D eigenvalue weighted by atomic mass is 16.8. The topological polar surface area (TPSA) is 63.2 Å². The van der Waals surface area contributed by atoms with Gasteiger partial charge in [0.05, 0.1) is 6.61 Å². The quantitative estimate of drug-likeness (QED) is 0.641. The van der Waals surface area contributed by atoms with E-state index in [1.54, 1.807) is 13.8 Å². The van der Waals surface area contributed by atoms with E-state index in [0.29, 0.717) is 6.61 Å². The third-order valence-corrected chi connectivity index (χ3v) is 3.33. The molecule has 0 radical (unpaired) electrons. The van der Waals surface area contributed by atoms with Crippen molar-refractivity contribution in [3.63, 3.8) is 0 Å². The van der Waals surface area contributed by atoms with Crippen LogP contribution < -0.4 is 0 Å². The van der Waals surface area contributed by atoms with Crippen LogP contribution in [0.5, 0.6) is 0 Å². The van der Waals surface area contributed by atoms with Crippen LogP contribution >= 0.6 is 0 Å². The van der Waals surface area contributed by atoms with E-state index in [-0.39, 0.29) is 12.1 Å². The Morgan fingerprint density at radius 2 is 1.72 bits per heavy atom. The van der Waals surface area contributed by atoms with Crippen molar-refractivity contribution in [3.8, 4) is 0 Å². The van der Waals surface area contributed by atoms with Crippen LogP contribution in [0, 0.1) is 0 Å². The summed E-state index contributed by atoms with van der Waals surface area (Å²) in [7, 11) is 0. The first-order valence-corrected chi connectivity index (χ1v) is 6.15. The summed E-state index contributed by atoms with van der Waals surface area (Å²) in [6.07, 6.45) is -1.85. The Bertz CT molecular complexity index is 377. The molecule has 0 aromatic heterocycles. The fourth-order valence-electron chi connectivity index (χ4n) is 2.64. The molecule has 3 aliphatic heterocycles. The van der Waals surface area contributed by atoms with Gasteiger partial charge >= 0.3 is 5.97 Å². The van der Waals surface area contributed by atoms with Gasteiger partial charge in [0.1, 0.15) is 12.2 Å². The van der Waals surface area contributed by atoms with Gasteiger partial charge in [0.25, 0.3) is 0 Å². The summed E-state index contributed by atoms with van der Waals surface area (Å²) in [6, 6.07) is 0. The van der Waals surface area contributed by atoms with E-state index < -0.39 is 29.9 Å². The number of hydrogen-bond donors (Lipinski definition) is 0. The van der Waals surface area contributed by atoms with Crippen molar-refractivity contribution < 1.29 is 28.5 Å². The van der Waals surface area contributed by atoms with Crippen molar-refractivity contribution >= 4 is 5.97 Å². The largest absolute Gasteiger partial charge is 0.455 e. The lowest BCUT2D eigenvalue weighted by Crippen LogP contribution is -2.40. The molecule has 0 spiro atoms. The Balaban J connectivity index is 1.77. The lowest BCUT2D eigenvalue weighted by molar-refractivity contribution is -0.200. The Kier molecular flexibility index (Phi) is 2.51. The van der Waals surface area contributed by atoms with Gasteiger partial charge in [-0.2, -0.15) is 0 Å². The van der Waals surface area contributed by atoms with Crippen molar-refractivity contribution in [2.45, 2.75) is 63.7 Å². The highest BCUT2D eigenvalue weighted by Gasteiger charge is 2.59. The zero-order valence-electron chi connectivity index (χ0n) is 11.0. The summed E-state index contributed by atoms with van der Waals surface area (Å²) in [5.41, 5.74) is 0. The molecule has 6 nitrogen and oxygen atoms in total. The summed E-state index contributed by atoms with van der Waals surface area (Å²) in [5, 5.41) is 0. The van der Waals surface area contributed by atoms with Gasteiger partial charge in [0.15, 0.2) is 23.8 Å². The molecule has 0 aromatic rings. The van der Waals surface area contributed by atoms with E-state index in [9.17, 15) is 4.79 Å². The second kappa shape index (κ2) is 3.66. The monoisotopic (exact) mass is 258 g/mol. The second-order valence-corrected chi connectivity index (χ2v) is 5.79. The third-order valence-electron chi connectivity index (χ3n) is 3.33. The van der Waals surface area contributed by atoms with E-state index in [1.807, 2.05) is 13.8 Å². The smallest absolute Gasteiger partial charge is 0.338 e. The van der Waals surface area contributed by atoms with Gasteiger partial charge in [-0.15, -0.1) is 0 Å². The van der Waals surface area contributed by atoms with E-state index >= 15 is 0 Å². The third kappa shape index (κ3) is 1.93.